The van der Waals surface area contributed by atoms with Gasteiger partial charge in [0.25, 0.3) is 0 Å². The first kappa shape index (κ1) is 15.2. The second-order valence-electron chi connectivity index (χ2n) is 5.32. The van der Waals surface area contributed by atoms with Crippen molar-refractivity contribution < 1.29 is 14.6 Å². The first-order valence-corrected chi connectivity index (χ1v) is 6.87. The van der Waals surface area contributed by atoms with Gasteiger partial charge >= 0.3 is 6.03 Å². The summed E-state index contributed by atoms with van der Waals surface area (Å²) < 4.78 is 5.10. The first-order valence-electron chi connectivity index (χ1n) is 6.87. The zero-order chi connectivity index (χ0) is 13.3. The average Bonchev–Trinajstić information content (AvgIpc) is 2.79. The van der Waals surface area contributed by atoms with Gasteiger partial charge in [-0.1, -0.05) is 19.8 Å². The number of hydrogen-bond donors (Lipinski definition) is 3. The number of urea groups is 1. The normalized spacial score (nSPS) is 17.7. The van der Waals surface area contributed by atoms with Crippen LogP contribution < -0.4 is 10.6 Å². The summed E-state index contributed by atoms with van der Waals surface area (Å²) in [6, 6.07) is -0.0923. The Morgan fingerprint density at radius 2 is 2.00 bits per heavy atom. The number of amides is 2. The van der Waals surface area contributed by atoms with Gasteiger partial charge in [0.05, 0.1) is 13.2 Å². The summed E-state index contributed by atoms with van der Waals surface area (Å²) in [5.74, 6) is 0. The van der Waals surface area contributed by atoms with E-state index in [2.05, 4.69) is 17.6 Å². The lowest BCUT2D eigenvalue weighted by Crippen LogP contribution is -2.41. The Hall–Kier alpha value is -0.810. The number of aliphatic hydroxyl groups is 1. The number of ether oxygens (including phenoxy) is 1. The molecule has 3 N–H and O–H groups in total. The second-order valence-corrected chi connectivity index (χ2v) is 5.32. The highest BCUT2D eigenvalue weighted by atomic mass is 16.5. The molecule has 0 spiro atoms. The molecule has 0 aromatic heterocycles. The standard InChI is InChI=1S/C13H26N2O3/c1-13(5-2-3-6-13)11-15-12(17)14-7-4-9-18-10-8-16/h16H,2-11H2,1H3,(H2,14,15,17). The summed E-state index contributed by atoms with van der Waals surface area (Å²) in [4.78, 5) is 11.5. The molecule has 1 fully saturated rings. The molecule has 0 radical (unpaired) electrons. The van der Waals surface area contributed by atoms with Crippen LogP contribution in [0.4, 0.5) is 4.79 Å². The summed E-state index contributed by atoms with van der Waals surface area (Å²) >= 11 is 0. The maximum Gasteiger partial charge on any atom is 0.314 e. The fourth-order valence-electron chi connectivity index (χ4n) is 2.30. The van der Waals surface area contributed by atoms with Crippen molar-refractivity contribution in [3.8, 4) is 0 Å². The highest BCUT2D eigenvalue weighted by Gasteiger charge is 2.28. The van der Waals surface area contributed by atoms with Crippen molar-refractivity contribution in [3.05, 3.63) is 0 Å². The van der Waals surface area contributed by atoms with Gasteiger partial charge in [-0.3, -0.25) is 0 Å². The minimum absolute atomic E-state index is 0.0481. The van der Waals surface area contributed by atoms with E-state index in [0.29, 0.717) is 25.2 Å². The summed E-state index contributed by atoms with van der Waals surface area (Å²) in [6.07, 6.45) is 5.75. The molecule has 18 heavy (non-hydrogen) atoms. The third-order valence-corrected chi connectivity index (χ3v) is 3.47. The van der Waals surface area contributed by atoms with Crippen molar-refractivity contribution in [1.82, 2.24) is 10.6 Å². The lowest BCUT2D eigenvalue weighted by molar-refractivity contribution is 0.0909. The molecule has 1 rings (SSSR count). The van der Waals surface area contributed by atoms with Crippen molar-refractivity contribution in [2.24, 2.45) is 5.41 Å². The Labute approximate surface area is 109 Å². The van der Waals surface area contributed by atoms with E-state index >= 15 is 0 Å². The van der Waals surface area contributed by atoms with Crippen LogP contribution in [0, 0.1) is 5.41 Å². The molecule has 5 heteroatoms. The largest absolute Gasteiger partial charge is 0.394 e. The van der Waals surface area contributed by atoms with Gasteiger partial charge in [-0.25, -0.2) is 4.79 Å². The molecule has 0 atom stereocenters. The summed E-state index contributed by atoms with van der Waals surface area (Å²) in [6.45, 7) is 4.59. The van der Waals surface area contributed by atoms with Crippen LogP contribution in [-0.2, 0) is 4.74 Å². The molecule has 1 aliphatic carbocycles. The van der Waals surface area contributed by atoms with Crippen LogP contribution in [-0.4, -0.2) is 44.0 Å². The molecule has 0 aromatic rings. The quantitative estimate of drug-likeness (QED) is 0.574. The molecule has 0 unspecified atom stereocenters. The Balaban J connectivity index is 1.97. The zero-order valence-corrected chi connectivity index (χ0v) is 11.3. The molecule has 0 saturated heterocycles. The Kier molecular flexibility index (Phi) is 7.05. The van der Waals surface area contributed by atoms with Gasteiger partial charge in [-0.05, 0) is 24.7 Å². The van der Waals surface area contributed by atoms with Crippen LogP contribution in [0.3, 0.4) is 0 Å². The van der Waals surface area contributed by atoms with Crippen LogP contribution >= 0.6 is 0 Å². The second kappa shape index (κ2) is 8.32. The molecule has 0 aromatic carbocycles. The predicted molar refractivity (Wildman–Crippen MR) is 70.5 cm³/mol. The maximum absolute atomic E-state index is 11.5. The minimum Gasteiger partial charge on any atom is -0.394 e. The molecule has 1 aliphatic rings. The van der Waals surface area contributed by atoms with E-state index in [0.717, 1.165) is 13.0 Å². The number of carbonyl (C=O) groups is 1. The van der Waals surface area contributed by atoms with E-state index in [1.165, 1.54) is 25.7 Å². The van der Waals surface area contributed by atoms with Gasteiger partial charge in [0.1, 0.15) is 0 Å². The smallest absolute Gasteiger partial charge is 0.314 e. The molecule has 0 heterocycles. The van der Waals surface area contributed by atoms with Gasteiger partial charge in [0.15, 0.2) is 0 Å². The highest BCUT2D eigenvalue weighted by molar-refractivity contribution is 5.73. The predicted octanol–water partition coefficient (Wildman–Crippen LogP) is 1.26. The number of rotatable bonds is 8. The lowest BCUT2D eigenvalue weighted by atomic mass is 9.89. The zero-order valence-electron chi connectivity index (χ0n) is 11.3. The van der Waals surface area contributed by atoms with Crippen LogP contribution in [0.2, 0.25) is 0 Å². The van der Waals surface area contributed by atoms with E-state index in [9.17, 15) is 4.79 Å². The molecular weight excluding hydrogens is 232 g/mol. The van der Waals surface area contributed by atoms with E-state index in [4.69, 9.17) is 9.84 Å². The number of hydrogen-bond acceptors (Lipinski definition) is 3. The average molecular weight is 258 g/mol. The molecule has 5 nitrogen and oxygen atoms in total. The third-order valence-electron chi connectivity index (χ3n) is 3.47. The van der Waals surface area contributed by atoms with Gasteiger partial charge in [-0.2, -0.15) is 0 Å². The number of nitrogens with one attached hydrogen (secondary N) is 2. The van der Waals surface area contributed by atoms with E-state index in [1.807, 2.05) is 0 Å². The van der Waals surface area contributed by atoms with E-state index < -0.39 is 0 Å². The topological polar surface area (TPSA) is 70.6 Å². The number of aliphatic hydroxyl groups excluding tert-OH is 1. The van der Waals surface area contributed by atoms with E-state index in [1.54, 1.807) is 0 Å². The molecular formula is C13H26N2O3. The summed E-state index contributed by atoms with van der Waals surface area (Å²) in [5.41, 5.74) is 0.293. The maximum atomic E-state index is 11.5. The van der Waals surface area contributed by atoms with Crippen LogP contribution in [0.1, 0.15) is 39.0 Å². The fraction of sp³-hybridized carbons (Fsp3) is 0.923. The highest BCUT2D eigenvalue weighted by Crippen LogP contribution is 2.36. The van der Waals surface area contributed by atoms with Crippen LogP contribution in [0.15, 0.2) is 0 Å². The molecule has 0 aliphatic heterocycles. The SMILES string of the molecule is CC1(CNC(=O)NCCCOCCO)CCCC1. The monoisotopic (exact) mass is 258 g/mol. The van der Waals surface area contributed by atoms with Gasteiger partial charge in [-0.15, -0.1) is 0 Å². The Morgan fingerprint density at radius 3 is 2.67 bits per heavy atom. The Bertz CT molecular complexity index is 240. The third kappa shape index (κ3) is 6.21. The van der Waals surface area contributed by atoms with Gasteiger partial charge in [0.2, 0.25) is 0 Å². The van der Waals surface area contributed by atoms with Crippen LogP contribution in [0.25, 0.3) is 0 Å². The van der Waals surface area contributed by atoms with Crippen molar-refractivity contribution in [1.29, 1.82) is 0 Å². The van der Waals surface area contributed by atoms with Crippen molar-refractivity contribution in [2.45, 2.75) is 39.0 Å². The van der Waals surface area contributed by atoms with Crippen molar-refractivity contribution >= 4 is 6.03 Å². The van der Waals surface area contributed by atoms with Gasteiger partial charge < -0.3 is 20.5 Å². The first-order chi connectivity index (χ1) is 8.66. The molecule has 0 bridgehead atoms. The van der Waals surface area contributed by atoms with Crippen LogP contribution in [0.5, 0.6) is 0 Å². The van der Waals surface area contributed by atoms with Crippen molar-refractivity contribution in [2.75, 3.05) is 32.9 Å². The molecule has 106 valence electrons. The van der Waals surface area contributed by atoms with E-state index in [-0.39, 0.29) is 12.6 Å². The summed E-state index contributed by atoms with van der Waals surface area (Å²) in [5, 5.41) is 14.2. The fourth-order valence-corrected chi connectivity index (χ4v) is 2.30. The van der Waals surface area contributed by atoms with Crippen molar-refractivity contribution in [3.63, 3.8) is 0 Å². The van der Waals surface area contributed by atoms with Gasteiger partial charge in [0, 0.05) is 19.7 Å². The Morgan fingerprint density at radius 1 is 1.28 bits per heavy atom. The molecule has 1 saturated carbocycles. The molecule has 2 amide bonds. The summed E-state index contributed by atoms with van der Waals surface area (Å²) in [7, 11) is 0. The minimum atomic E-state index is -0.0923. The number of carbonyl (C=O) groups excluding carboxylic acids is 1. The lowest BCUT2D eigenvalue weighted by Gasteiger charge is -2.23.